The predicted octanol–water partition coefficient (Wildman–Crippen LogP) is 0.963. The first kappa shape index (κ1) is 18.5. The van der Waals surface area contributed by atoms with Gasteiger partial charge in [0.1, 0.15) is 0 Å². The molecule has 1 heterocycles. The van der Waals surface area contributed by atoms with Crippen molar-refractivity contribution >= 4 is 23.6 Å². The standard InChI is InChI=1S/C20H18N2O5/c1-27-20(26)16(17(23)15(21)11-12-7-3-2-4-8-12)22-18(24)13-9-5-6-10-14(13)19(22)25/h2-10,15-16H,11,21H2,1H3/t15-,16-/m0/s1. The first-order valence-corrected chi connectivity index (χ1v) is 8.33. The SMILES string of the molecule is COC(=O)[C@H](C(=O)[C@@H](N)Cc1ccccc1)N1C(=O)c2ccccc2C1=O. The minimum atomic E-state index is -1.72. The number of carbonyl (C=O) groups excluding carboxylic acids is 4. The molecule has 0 saturated carbocycles. The van der Waals surface area contributed by atoms with Crippen molar-refractivity contribution in [2.45, 2.75) is 18.5 Å². The van der Waals surface area contributed by atoms with Crippen molar-refractivity contribution in [3.63, 3.8) is 0 Å². The van der Waals surface area contributed by atoms with Crippen LogP contribution < -0.4 is 5.73 Å². The van der Waals surface area contributed by atoms with Crippen LogP contribution in [0.5, 0.6) is 0 Å². The van der Waals surface area contributed by atoms with Crippen LogP contribution in [0.25, 0.3) is 0 Å². The minimum Gasteiger partial charge on any atom is -0.467 e. The van der Waals surface area contributed by atoms with Crippen molar-refractivity contribution in [3.05, 3.63) is 71.3 Å². The number of esters is 1. The molecule has 0 bridgehead atoms. The largest absolute Gasteiger partial charge is 0.467 e. The van der Waals surface area contributed by atoms with E-state index < -0.39 is 35.7 Å². The Morgan fingerprint density at radius 3 is 2.00 bits per heavy atom. The Morgan fingerprint density at radius 1 is 0.963 bits per heavy atom. The van der Waals surface area contributed by atoms with E-state index in [0.717, 1.165) is 12.7 Å². The van der Waals surface area contributed by atoms with E-state index in [2.05, 4.69) is 4.74 Å². The van der Waals surface area contributed by atoms with Gasteiger partial charge < -0.3 is 10.5 Å². The van der Waals surface area contributed by atoms with Crippen molar-refractivity contribution in [2.75, 3.05) is 7.11 Å². The number of rotatable bonds is 6. The maximum absolute atomic E-state index is 12.9. The molecule has 1 aliphatic heterocycles. The second kappa shape index (κ2) is 7.51. The van der Waals surface area contributed by atoms with Crippen molar-refractivity contribution in [1.82, 2.24) is 4.90 Å². The molecule has 2 amide bonds. The van der Waals surface area contributed by atoms with Gasteiger partial charge in [-0.25, -0.2) is 4.79 Å². The van der Waals surface area contributed by atoms with Gasteiger partial charge in [0, 0.05) is 0 Å². The number of nitrogens with zero attached hydrogens (tertiary/aromatic N) is 1. The highest BCUT2D eigenvalue weighted by atomic mass is 16.5. The van der Waals surface area contributed by atoms with Gasteiger partial charge in [-0.3, -0.25) is 19.3 Å². The third-order valence-corrected chi connectivity index (χ3v) is 4.44. The van der Waals surface area contributed by atoms with E-state index >= 15 is 0 Å². The fourth-order valence-corrected chi connectivity index (χ4v) is 3.07. The van der Waals surface area contributed by atoms with E-state index in [0.29, 0.717) is 4.90 Å². The molecule has 0 fully saturated rings. The summed E-state index contributed by atoms with van der Waals surface area (Å²) < 4.78 is 4.68. The lowest BCUT2D eigenvalue weighted by atomic mass is 9.97. The van der Waals surface area contributed by atoms with Gasteiger partial charge in [0.2, 0.25) is 0 Å². The van der Waals surface area contributed by atoms with Crippen LogP contribution in [0.15, 0.2) is 54.6 Å². The number of benzene rings is 2. The molecule has 7 heteroatoms. The van der Waals surface area contributed by atoms with Crippen molar-refractivity contribution < 1.29 is 23.9 Å². The second-order valence-corrected chi connectivity index (χ2v) is 6.15. The second-order valence-electron chi connectivity index (χ2n) is 6.15. The van der Waals surface area contributed by atoms with E-state index in [9.17, 15) is 19.2 Å². The molecule has 2 aromatic carbocycles. The number of hydrogen-bond donors (Lipinski definition) is 1. The van der Waals surface area contributed by atoms with Crippen LogP contribution in [0.3, 0.4) is 0 Å². The molecule has 0 aliphatic carbocycles. The maximum atomic E-state index is 12.9. The number of hydrogen-bond acceptors (Lipinski definition) is 6. The van der Waals surface area contributed by atoms with E-state index in [1.54, 1.807) is 36.4 Å². The average molecular weight is 366 g/mol. The van der Waals surface area contributed by atoms with Gasteiger partial charge in [0.15, 0.2) is 11.8 Å². The van der Waals surface area contributed by atoms with Crippen LogP contribution in [0.2, 0.25) is 0 Å². The highest BCUT2D eigenvalue weighted by Gasteiger charge is 2.47. The van der Waals surface area contributed by atoms with Gasteiger partial charge in [-0.15, -0.1) is 0 Å². The lowest BCUT2D eigenvalue weighted by Gasteiger charge is -2.25. The molecule has 2 atom stereocenters. The molecule has 27 heavy (non-hydrogen) atoms. The van der Waals surface area contributed by atoms with Gasteiger partial charge >= 0.3 is 5.97 Å². The van der Waals surface area contributed by atoms with Crippen LogP contribution in [-0.4, -0.2) is 47.7 Å². The molecule has 0 radical (unpaired) electrons. The molecule has 2 aromatic rings. The molecule has 0 spiro atoms. The van der Waals surface area contributed by atoms with Gasteiger partial charge in [0.25, 0.3) is 11.8 Å². The van der Waals surface area contributed by atoms with Crippen LogP contribution in [0, 0.1) is 0 Å². The van der Waals surface area contributed by atoms with Crippen LogP contribution in [0.4, 0.5) is 0 Å². The zero-order valence-electron chi connectivity index (χ0n) is 14.6. The smallest absolute Gasteiger partial charge is 0.336 e. The van der Waals surface area contributed by atoms with Crippen LogP contribution in [0.1, 0.15) is 26.3 Å². The highest BCUT2D eigenvalue weighted by Crippen LogP contribution is 2.26. The number of Topliss-reactive ketones (excluding diaryl/α,β-unsaturated/α-hetero) is 1. The van der Waals surface area contributed by atoms with E-state index in [1.807, 2.05) is 6.07 Å². The molecule has 2 N–H and O–H groups in total. The summed E-state index contributed by atoms with van der Waals surface area (Å²) in [5.41, 5.74) is 7.07. The summed E-state index contributed by atoms with van der Waals surface area (Å²) in [7, 11) is 1.09. The number of nitrogens with two attached hydrogens (primary N) is 1. The number of amides is 2. The minimum absolute atomic E-state index is 0.140. The van der Waals surface area contributed by atoms with Crippen LogP contribution >= 0.6 is 0 Å². The Morgan fingerprint density at radius 2 is 1.48 bits per heavy atom. The Hall–Kier alpha value is -3.32. The number of imide groups is 1. The lowest BCUT2D eigenvalue weighted by molar-refractivity contribution is -0.149. The summed E-state index contributed by atoms with van der Waals surface area (Å²) >= 11 is 0. The number of carbonyl (C=O) groups is 4. The van der Waals surface area contributed by atoms with E-state index in [-0.39, 0.29) is 17.5 Å². The first-order chi connectivity index (χ1) is 13.0. The zero-order valence-corrected chi connectivity index (χ0v) is 14.6. The number of methoxy groups -OCH3 is 1. The van der Waals surface area contributed by atoms with Gasteiger partial charge in [0.05, 0.1) is 24.3 Å². The van der Waals surface area contributed by atoms with E-state index in [1.165, 1.54) is 12.1 Å². The molecule has 3 rings (SSSR count). The van der Waals surface area contributed by atoms with Crippen molar-refractivity contribution in [3.8, 4) is 0 Å². The van der Waals surface area contributed by atoms with Gasteiger partial charge in [-0.2, -0.15) is 0 Å². The van der Waals surface area contributed by atoms with Crippen molar-refractivity contribution in [1.29, 1.82) is 0 Å². The summed E-state index contributed by atoms with van der Waals surface area (Å²) in [5, 5.41) is 0. The molecule has 0 saturated heterocycles. The predicted molar refractivity (Wildman–Crippen MR) is 95.9 cm³/mol. The third-order valence-electron chi connectivity index (χ3n) is 4.44. The Kier molecular flexibility index (Phi) is 5.14. The number of ketones is 1. The Balaban J connectivity index is 1.91. The van der Waals surface area contributed by atoms with E-state index in [4.69, 9.17) is 5.73 Å². The van der Waals surface area contributed by atoms with Gasteiger partial charge in [-0.1, -0.05) is 42.5 Å². The van der Waals surface area contributed by atoms with Gasteiger partial charge in [-0.05, 0) is 24.1 Å². The molecule has 0 unspecified atom stereocenters. The Labute approximate surface area is 155 Å². The zero-order chi connectivity index (χ0) is 19.6. The molecule has 0 aromatic heterocycles. The molecule has 138 valence electrons. The summed E-state index contributed by atoms with van der Waals surface area (Å²) in [6.07, 6.45) is 0.163. The molecular formula is C20H18N2O5. The fraction of sp³-hybridized carbons (Fsp3) is 0.200. The topological polar surface area (TPSA) is 107 Å². The summed E-state index contributed by atoms with van der Waals surface area (Å²) in [6, 6.07) is 12.4. The fourth-order valence-electron chi connectivity index (χ4n) is 3.07. The van der Waals surface area contributed by atoms with Crippen LogP contribution in [-0.2, 0) is 20.7 Å². The maximum Gasteiger partial charge on any atom is 0.336 e. The first-order valence-electron chi connectivity index (χ1n) is 8.33. The highest BCUT2D eigenvalue weighted by molar-refractivity contribution is 6.25. The number of ether oxygens (including phenoxy) is 1. The van der Waals surface area contributed by atoms with Crippen molar-refractivity contribution in [2.24, 2.45) is 5.73 Å². The molecular weight excluding hydrogens is 348 g/mol. The quantitative estimate of drug-likeness (QED) is 0.464. The lowest BCUT2D eigenvalue weighted by Crippen LogP contribution is -2.55. The number of fused-ring (bicyclic) bond motifs is 1. The normalized spacial score (nSPS) is 15.3. The summed E-state index contributed by atoms with van der Waals surface area (Å²) in [6.45, 7) is 0. The third kappa shape index (κ3) is 3.37. The molecule has 7 nitrogen and oxygen atoms in total. The average Bonchev–Trinajstić information content (AvgIpc) is 2.94. The summed E-state index contributed by atoms with van der Waals surface area (Å²) in [5.74, 6) is -3.18. The Bertz CT molecular complexity index is 875. The monoisotopic (exact) mass is 366 g/mol. The summed E-state index contributed by atoms with van der Waals surface area (Å²) in [4.78, 5) is 51.2. The molecule has 1 aliphatic rings.